The number of aliphatic hydroxyl groups is 4. The number of ether oxygens (including phenoxy) is 3. The van der Waals surface area contributed by atoms with Crippen LogP contribution in [0.15, 0.2) is 0 Å². The van der Waals surface area contributed by atoms with Gasteiger partial charge in [-0.25, -0.2) is 0 Å². The third kappa shape index (κ3) is 21.1. The first-order valence-electron chi connectivity index (χ1n) is 19.9. The summed E-state index contributed by atoms with van der Waals surface area (Å²) in [5, 5.41) is 41.7. The second-order valence-corrected chi connectivity index (χ2v) is 14.3. The van der Waals surface area contributed by atoms with Crippen LogP contribution in [0.1, 0.15) is 187 Å². The highest BCUT2D eigenvalue weighted by atomic mass is 16.7. The first-order valence-corrected chi connectivity index (χ1v) is 19.9. The predicted octanol–water partition coefficient (Wildman–Crippen LogP) is 8.53. The molecule has 0 aromatic carbocycles. The van der Waals surface area contributed by atoms with Crippen LogP contribution < -0.4 is 0 Å². The summed E-state index contributed by atoms with van der Waals surface area (Å²) >= 11 is 0. The predicted molar refractivity (Wildman–Crippen MR) is 190 cm³/mol. The molecule has 1 saturated heterocycles. The van der Waals surface area contributed by atoms with E-state index < -0.39 is 48.7 Å². The van der Waals surface area contributed by atoms with E-state index in [1.165, 1.54) is 129 Å². The Hall–Kier alpha value is -0.770. The Labute approximate surface area is 288 Å². The van der Waals surface area contributed by atoms with Crippen molar-refractivity contribution in [2.75, 3.05) is 13.7 Å². The van der Waals surface area contributed by atoms with Gasteiger partial charge in [0.2, 0.25) is 0 Å². The Morgan fingerprint density at radius 1 is 0.574 bits per heavy atom. The largest absolute Gasteiger partial charge is 0.463 e. The molecule has 7 atom stereocenters. The van der Waals surface area contributed by atoms with Crippen molar-refractivity contribution in [1.82, 2.24) is 0 Å². The number of carbonyl (C=O) groups excluding carboxylic acids is 1. The molecule has 8 nitrogen and oxygen atoms in total. The normalized spacial score (nSPS) is 22.7. The van der Waals surface area contributed by atoms with Crippen LogP contribution in [0.4, 0.5) is 0 Å². The Balaban J connectivity index is 2.41. The third-order valence-corrected chi connectivity index (χ3v) is 10.0. The number of methoxy groups -OCH3 is 1. The Morgan fingerprint density at radius 3 is 1.36 bits per heavy atom. The van der Waals surface area contributed by atoms with Crippen LogP contribution in [-0.2, 0) is 19.0 Å². The summed E-state index contributed by atoms with van der Waals surface area (Å²) in [5.41, 5.74) is 0. The minimum Gasteiger partial charge on any atom is -0.463 e. The second kappa shape index (κ2) is 30.1. The van der Waals surface area contributed by atoms with Gasteiger partial charge in [0.25, 0.3) is 0 Å². The fraction of sp³-hybridized carbons (Fsp3) is 0.974. The molecule has 8 heteroatoms. The Bertz CT molecular complexity index is 704. The number of unbranched alkanes of at least 4 members (excludes halogenated alkanes) is 23. The molecule has 0 unspecified atom stereocenters. The van der Waals surface area contributed by atoms with E-state index in [-0.39, 0.29) is 6.61 Å². The maximum atomic E-state index is 13.2. The van der Waals surface area contributed by atoms with Crippen molar-refractivity contribution in [2.45, 2.75) is 224 Å². The molecule has 0 radical (unpaired) electrons. The zero-order valence-electron chi connectivity index (χ0n) is 30.8. The number of hydrogen-bond donors (Lipinski definition) is 4. The van der Waals surface area contributed by atoms with E-state index >= 15 is 0 Å². The van der Waals surface area contributed by atoms with Gasteiger partial charge in [0.15, 0.2) is 6.29 Å². The van der Waals surface area contributed by atoms with Crippen LogP contribution in [0.5, 0.6) is 0 Å². The Kier molecular flexibility index (Phi) is 28.3. The van der Waals surface area contributed by atoms with Gasteiger partial charge in [-0.2, -0.15) is 0 Å². The number of esters is 1. The van der Waals surface area contributed by atoms with Crippen molar-refractivity contribution in [3.63, 3.8) is 0 Å². The molecule has 0 aliphatic carbocycles. The minimum atomic E-state index is -1.48. The van der Waals surface area contributed by atoms with Crippen LogP contribution >= 0.6 is 0 Å². The van der Waals surface area contributed by atoms with Gasteiger partial charge >= 0.3 is 5.97 Å². The summed E-state index contributed by atoms with van der Waals surface area (Å²) in [6, 6.07) is 0. The van der Waals surface area contributed by atoms with Gasteiger partial charge in [-0.05, 0) is 12.8 Å². The molecule has 0 bridgehead atoms. The highest BCUT2D eigenvalue weighted by molar-refractivity contribution is 5.73. The monoisotopic (exact) mass is 673 g/mol. The van der Waals surface area contributed by atoms with E-state index in [1.54, 1.807) is 0 Å². The molecular weight excluding hydrogens is 596 g/mol. The van der Waals surface area contributed by atoms with E-state index in [1.807, 2.05) is 0 Å². The van der Waals surface area contributed by atoms with Crippen molar-refractivity contribution >= 4 is 5.97 Å². The summed E-state index contributed by atoms with van der Waals surface area (Å²) < 4.78 is 16.1. The number of aliphatic hydroxyl groups excluding tert-OH is 4. The lowest BCUT2D eigenvalue weighted by Gasteiger charge is -2.39. The summed E-state index contributed by atoms with van der Waals surface area (Å²) in [4.78, 5) is 13.2. The summed E-state index contributed by atoms with van der Waals surface area (Å²) in [5.74, 6) is -1.13. The lowest BCUT2D eigenvalue weighted by atomic mass is 9.91. The molecule has 1 heterocycles. The van der Waals surface area contributed by atoms with Crippen LogP contribution in [0.25, 0.3) is 0 Å². The summed E-state index contributed by atoms with van der Waals surface area (Å²) in [6.07, 6.45) is 25.0. The quantitative estimate of drug-likeness (QED) is 0.0414. The van der Waals surface area contributed by atoms with Gasteiger partial charge in [0.05, 0.1) is 12.0 Å². The molecule has 1 fully saturated rings. The van der Waals surface area contributed by atoms with E-state index in [2.05, 4.69) is 13.8 Å². The minimum absolute atomic E-state index is 0.288. The van der Waals surface area contributed by atoms with E-state index in [0.29, 0.717) is 12.8 Å². The van der Waals surface area contributed by atoms with Crippen LogP contribution in [0.3, 0.4) is 0 Å². The van der Waals surface area contributed by atoms with Gasteiger partial charge in [0, 0.05) is 7.11 Å². The Morgan fingerprint density at radius 2 is 0.957 bits per heavy atom. The molecular formula is C39H76O8. The number of carbonyl (C=O) groups is 1. The number of rotatable bonds is 32. The van der Waals surface area contributed by atoms with Crippen LogP contribution in [0, 0.1) is 5.92 Å². The molecule has 280 valence electrons. The topological polar surface area (TPSA) is 126 Å². The molecule has 0 saturated carbocycles. The third-order valence-electron chi connectivity index (χ3n) is 10.0. The smallest absolute Gasteiger partial charge is 0.311 e. The van der Waals surface area contributed by atoms with Gasteiger partial charge < -0.3 is 34.6 Å². The van der Waals surface area contributed by atoms with Crippen LogP contribution in [0.2, 0.25) is 0 Å². The molecule has 47 heavy (non-hydrogen) atoms. The fourth-order valence-electron chi connectivity index (χ4n) is 6.77. The van der Waals surface area contributed by atoms with E-state index in [4.69, 9.17) is 14.2 Å². The summed E-state index contributed by atoms with van der Waals surface area (Å²) in [6.45, 7) is 4.22. The summed E-state index contributed by atoms with van der Waals surface area (Å²) in [7, 11) is 1.33. The molecule has 0 amide bonds. The highest BCUT2D eigenvalue weighted by Crippen LogP contribution is 2.25. The van der Waals surface area contributed by atoms with Crippen molar-refractivity contribution in [1.29, 1.82) is 0 Å². The zero-order chi connectivity index (χ0) is 34.5. The van der Waals surface area contributed by atoms with Crippen molar-refractivity contribution in [3.8, 4) is 0 Å². The molecule has 0 aromatic rings. The average molecular weight is 673 g/mol. The molecule has 0 aromatic heterocycles. The van der Waals surface area contributed by atoms with Gasteiger partial charge in [0.1, 0.15) is 31.0 Å². The SMILES string of the molecule is CCCCCCCCCCCCCCC[C@H](O)[C@H](CCCCCCCCCCCCCC)C(=O)OC[C@H]1O[C@H](OC)[C@H](O)[C@@H](O)[C@@H]1O. The molecule has 0 spiro atoms. The molecule has 1 aliphatic rings. The zero-order valence-corrected chi connectivity index (χ0v) is 30.8. The first kappa shape index (κ1) is 44.3. The van der Waals surface area contributed by atoms with Gasteiger partial charge in [-0.3, -0.25) is 4.79 Å². The van der Waals surface area contributed by atoms with Gasteiger partial charge in [-0.1, -0.05) is 174 Å². The maximum absolute atomic E-state index is 13.2. The second-order valence-electron chi connectivity index (χ2n) is 14.3. The lowest BCUT2D eigenvalue weighted by molar-refractivity contribution is -0.295. The fourth-order valence-corrected chi connectivity index (χ4v) is 6.77. The standard InChI is InChI=1S/C39H76O8/c1-4-6-8-10-12-14-16-18-20-22-24-26-28-30-33(40)32(29-27-25-23-21-19-17-15-13-11-9-7-5-2)38(44)46-31-34-35(41)36(42)37(43)39(45-3)47-34/h32-37,39-43H,4-31H2,1-3H3/t32-,33-,34+,35+,36-,37+,39-/m0/s1. The first-order chi connectivity index (χ1) is 22.9. The average Bonchev–Trinajstić information content (AvgIpc) is 3.07. The van der Waals surface area contributed by atoms with Crippen molar-refractivity contribution < 1.29 is 39.4 Å². The molecule has 4 N–H and O–H groups in total. The lowest BCUT2D eigenvalue weighted by Crippen LogP contribution is -2.59. The van der Waals surface area contributed by atoms with E-state index in [9.17, 15) is 25.2 Å². The van der Waals surface area contributed by atoms with Gasteiger partial charge in [-0.15, -0.1) is 0 Å². The van der Waals surface area contributed by atoms with E-state index in [0.717, 1.165) is 38.5 Å². The maximum Gasteiger partial charge on any atom is 0.311 e. The number of hydrogen-bond acceptors (Lipinski definition) is 8. The molecule has 1 rings (SSSR count). The molecule has 1 aliphatic heterocycles. The van der Waals surface area contributed by atoms with Crippen LogP contribution in [-0.4, -0.2) is 76.9 Å². The van der Waals surface area contributed by atoms with Crippen molar-refractivity contribution in [3.05, 3.63) is 0 Å². The highest BCUT2D eigenvalue weighted by Gasteiger charge is 2.44. The van der Waals surface area contributed by atoms with Crippen molar-refractivity contribution in [2.24, 2.45) is 5.92 Å².